The van der Waals surface area contributed by atoms with Crippen molar-refractivity contribution in [2.75, 3.05) is 0 Å². The molecule has 76 valence electrons. The van der Waals surface area contributed by atoms with Gasteiger partial charge < -0.3 is 4.74 Å². The first-order valence-electron chi connectivity index (χ1n) is 5.41. The van der Waals surface area contributed by atoms with E-state index in [9.17, 15) is 0 Å². The second-order valence-corrected chi connectivity index (χ2v) is 4.83. The van der Waals surface area contributed by atoms with Gasteiger partial charge in [-0.25, -0.2) is 0 Å². The molecule has 0 amide bonds. The highest BCUT2D eigenvalue weighted by atomic mass is 16.5. The summed E-state index contributed by atoms with van der Waals surface area (Å²) in [4.78, 5) is 0. The van der Waals surface area contributed by atoms with Crippen LogP contribution in [0.2, 0.25) is 0 Å². The molecule has 0 spiro atoms. The van der Waals surface area contributed by atoms with Gasteiger partial charge in [0.25, 0.3) is 0 Å². The van der Waals surface area contributed by atoms with Gasteiger partial charge in [-0.3, -0.25) is 0 Å². The van der Waals surface area contributed by atoms with Crippen LogP contribution in [0.1, 0.15) is 52.9 Å². The molecule has 0 unspecified atom stereocenters. The first-order chi connectivity index (χ1) is 6.08. The van der Waals surface area contributed by atoms with Crippen LogP contribution in [0.3, 0.4) is 0 Å². The molecule has 0 aliphatic heterocycles. The van der Waals surface area contributed by atoms with Gasteiger partial charge in [-0.05, 0) is 52.9 Å². The predicted octanol–water partition coefficient (Wildman–Crippen LogP) is 3.69. The summed E-state index contributed by atoms with van der Waals surface area (Å²) in [7, 11) is 0. The van der Waals surface area contributed by atoms with Gasteiger partial charge in [-0.2, -0.15) is 0 Å². The third-order valence-corrected chi connectivity index (χ3v) is 2.24. The van der Waals surface area contributed by atoms with E-state index in [0.717, 1.165) is 0 Å². The molecule has 0 aromatic carbocycles. The van der Waals surface area contributed by atoms with Gasteiger partial charge in [-0.1, -0.05) is 12.2 Å². The SMILES string of the molecule is CC(C)(C)O[C@@H]1CC/C=C/CCC1. The van der Waals surface area contributed by atoms with Gasteiger partial charge in [-0.15, -0.1) is 0 Å². The quantitative estimate of drug-likeness (QED) is 0.562. The van der Waals surface area contributed by atoms with Crippen LogP contribution in [0.4, 0.5) is 0 Å². The molecule has 13 heavy (non-hydrogen) atoms. The Kier molecular flexibility index (Phi) is 3.98. The van der Waals surface area contributed by atoms with Gasteiger partial charge in [0.15, 0.2) is 0 Å². The lowest BCUT2D eigenvalue weighted by Gasteiger charge is -2.28. The van der Waals surface area contributed by atoms with E-state index in [-0.39, 0.29) is 5.60 Å². The minimum absolute atomic E-state index is 0.0214. The van der Waals surface area contributed by atoms with Crippen molar-refractivity contribution < 1.29 is 4.74 Å². The van der Waals surface area contributed by atoms with Crippen molar-refractivity contribution in [1.82, 2.24) is 0 Å². The fourth-order valence-electron chi connectivity index (χ4n) is 1.74. The predicted molar refractivity (Wildman–Crippen MR) is 56.9 cm³/mol. The highest BCUT2D eigenvalue weighted by Crippen LogP contribution is 2.20. The molecular weight excluding hydrogens is 160 g/mol. The van der Waals surface area contributed by atoms with E-state index in [1.165, 1.54) is 32.1 Å². The van der Waals surface area contributed by atoms with Crippen LogP contribution < -0.4 is 0 Å². The average Bonchev–Trinajstić information content (AvgIpc) is 1.92. The minimum atomic E-state index is 0.0214. The molecule has 0 N–H and O–H groups in total. The summed E-state index contributed by atoms with van der Waals surface area (Å²) < 4.78 is 5.98. The molecule has 1 aliphatic rings. The van der Waals surface area contributed by atoms with Crippen molar-refractivity contribution in [1.29, 1.82) is 0 Å². The molecule has 0 bridgehead atoms. The zero-order chi connectivity index (χ0) is 9.73. The van der Waals surface area contributed by atoms with Gasteiger partial charge >= 0.3 is 0 Å². The first-order valence-corrected chi connectivity index (χ1v) is 5.41. The number of hydrogen-bond donors (Lipinski definition) is 0. The molecule has 1 atom stereocenters. The fourth-order valence-corrected chi connectivity index (χ4v) is 1.74. The summed E-state index contributed by atoms with van der Waals surface area (Å²) >= 11 is 0. The van der Waals surface area contributed by atoms with Crippen LogP contribution in [0.25, 0.3) is 0 Å². The summed E-state index contributed by atoms with van der Waals surface area (Å²) in [6.45, 7) is 6.42. The lowest BCUT2D eigenvalue weighted by molar-refractivity contribution is -0.0665. The van der Waals surface area contributed by atoms with Crippen molar-refractivity contribution >= 4 is 0 Å². The molecule has 1 heteroatoms. The third-order valence-electron chi connectivity index (χ3n) is 2.24. The van der Waals surface area contributed by atoms with Crippen molar-refractivity contribution in [2.24, 2.45) is 0 Å². The zero-order valence-electron chi connectivity index (χ0n) is 9.18. The molecule has 1 aliphatic carbocycles. The highest BCUT2D eigenvalue weighted by Gasteiger charge is 2.18. The number of ether oxygens (including phenoxy) is 1. The van der Waals surface area contributed by atoms with Crippen molar-refractivity contribution in [3.8, 4) is 0 Å². The fraction of sp³-hybridized carbons (Fsp3) is 0.833. The average molecular weight is 182 g/mol. The van der Waals surface area contributed by atoms with E-state index in [4.69, 9.17) is 4.74 Å². The maximum absolute atomic E-state index is 5.98. The van der Waals surface area contributed by atoms with E-state index in [0.29, 0.717) is 6.10 Å². The second-order valence-electron chi connectivity index (χ2n) is 4.83. The van der Waals surface area contributed by atoms with E-state index in [1.54, 1.807) is 0 Å². The van der Waals surface area contributed by atoms with Gasteiger partial charge in [0.2, 0.25) is 0 Å². The number of allylic oxidation sites excluding steroid dienone is 2. The molecule has 0 radical (unpaired) electrons. The summed E-state index contributed by atoms with van der Waals surface area (Å²) in [5.41, 5.74) is 0.0214. The van der Waals surface area contributed by atoms with E-state index < -0.39 is 0 Å². The molecule has 0 aromatic rings. The Morgan fingerprint density at radius 1 is 1.08 bits per heavy atom. The van der Waals surface area contributed by atoms with E-state index >= 15 is 0 Å². The van der Waals surface area contributed by atoms with E-state index in [1.807, 2.05) is 0 Å². The summed E-state index contributed by atoms with van der Waals surface area (Å²) in [6.07, 6.45) is 11.2. The monoisotopic (exact) mass is 182 g/mol. The minimum Gasteiger partial charge on any atom is -0.373 e. The second kappa shape index (κ2) is 4.80. The van der Waals surface area contributed by atoms with Crippen LogP contribution >= 0.6 is 0 Å². The zero-order valence-corrected chi connectivity index (χ0v) is 9.18. The molecule has 1 nitrogen and oxygen atoms in total. The van der Waals surface area contributed by atoms with Gasteiger partial charge in [0.1, 0.15) is 0 Å². The summed E-state index contributed by atoms with van der Waals surface area (Å²) in [5.74, 6) is 0. The Hall–Kier alpha value is -0.300. The molecule has 0 aromatic heterocycles. The lowest BCUT2D eigenvalue weighted by Crippen LogP contribution is -2.27. The first kappa shape index (κ1) is 10.8. The van der Waals surface area contributed by atoms with Crippen molar-refractivity contribution in [3.63, 3.8) is 0 Å². The topological polar surface area (TPSA) is 9.23 Å². The Labute approximate surface area is 82.2 Å². The molecule has 0 fully saturated rings. The molecule has 0 heterocycles. The van der Waals surface area contributed by atoms with Crippen LogP contribution in [0.5, 0.6) is 0 Å². The Bertz CT molecular complexity index is 164. The van der Waals surface area contributed by atoms with Crippen LogP contribution in [0.15, 0.2) is 12.2 Å². The Balaban J connectivity index is 2.36. The summed E-state index contributed by atoms with van der Waals surface area (Å²) in [5, 5.41) is 0. The van der Waals surface area contributed by atoms with Gasteiger partial charge in [0.05, 0.1) is 11.7 Å². The highest BCUT2D eigenvalue weighted by molar-refractivity contribution is 4.85. The number of rotatable bonds is 1. The smallest absolute Gasteiger partial charge is 0.0602 e. The maximum atomic E-state index is 5.98. The Morgan fingerprint density at radius 3 is 2.46 bits per heavy atom. The van der Waals surface area contributed by atoms with Crippen LogP contribution in [-0.4, -0.2) is 11.7 Å². The molecular formula is C12H22O. The van der Waals surface area contributed by atoms with Crippen LogP contribution in [-0.2, 0) is 4.74 Å². The Morgan fingerprint density at radius 2 is 1.77 bits per heavy atom. The third kappa shape index (κ3) is 5.09. The van der Waals surface area contributed by atoms with Crippen molar-refractivity contribution in [3.05, 3.63) is 12.2 Å². The maximum Gasteiger partial charge on any atom is 0.0602 e. The normalized spacial score (nSPS) is 27.8. The standard InChI is InChI=1S/C12H22O/c1-12(2,3)13-11-9-7-5-4-6-8-10-11/h4-5,11H,6-10H2,1-3H3/b5-4+/t11-/m1/s1. The van der Waals surface area contributed by atoms with Crippen LogP contribution in [0, 0.1) is 0 Å². The number of hydrogen-bond acceptors (Lipinski definition) is 1. The molecule has 1 rings (SSSR count). The van der Waals surface area contributed by atoms with E-state index in [2.05, 4.69) is 32.9 Å². The van der Waals surface area contributed by atoms with Gasteiger partial charge in [0, 0.05) is 0 Å². The largest absolute Gasteiger partial charge is 0.373 e. The summed E-state index contributed by atoms with van der Waals surface area (Å²) in [6, 6.07) is 0. The molecule has 0 saturated carbocycles. The molecule has 0 saturated heterocycles. The lowest BCUT2D eigenvalue weighted by atomic mass is 10.0. The van der Waals surface area contributed by atoms with Crippen molar-refractivity contribution in [2.45, 2.75) is 64.6 Å².